The molecule has 0 aliphatic carbocycles. The topological polar surface area (TPSA) is 20.2 Å². The summed E-state index contributed by atoms with van der Waals surface area (Å²) < 4.78 is 50.7. The number of aliphatic hydroxyl groups is 1. The van der Waals surface area contributed by atoms with Crippen LogP contribution in [0.5, 0.6) is 0 Å². The van der Waals surface area contributed by atoms with Crippen molar-refractivity contribution in [3.63, 3.8) is 0 Å². The summed E-state index contributed by atoms with van der Waals surface area (Å²) in [5, 5.41) is 9.01. The molecule has 1 N–H and O–H groups in total. The zero-order valence-corrected chi connectivity index (χ0v) is 7.27. The van der Waals surface area contributed by atoms with E-state index in [1.54, 1.807) is 0 Å². The highest BCUT2D eigenvalue weighted by Crippen LogP contribution is 2.32. The Kier molecular flexibility index (Phi) is 2.80. The molecule has 0 fully saturated rings. The third kappa shape index (κ3) is 2.04. The predicted molar refractivity (Wildman–Crippen MR) is 41.9 cm³/mol. The highest BCUT2D eigenvalue weighted by molar-refractivity contribution is 5.22. The van der Waals surface area contributed by atoms with Crippen LogP contribution in [0.2, 0.25) is 0 Å². The highest BCUT2D eigenvalue weighted by atomic mass is 19.3. The van der Waals surface area contributed by atoms with E-state index in [1.807, 2.05) is 0 Å². The Hall–Kier alpha value is -1.10. The SMILES string of the molecule is CC(F)(F)C(O)c1cccc(F)c1F. The number of alkyl halides is 2. The molecule has 0 radical (unpaired) electrons. The van der Waals surface area contributed by atoms with Gasteiger partial charge in [-0.2, -0.15) is 0 Å². The summed E-state index contributed by atoms with van der Waals surface area (Å²) in [6.07, 6.45) is -2.34. The second-order valence-corrected chi connectivity index (χ2v) is 3.00. The summed E-state index contributed by atoms with van der Waals surface area (Å²) in [6, 6.07) is 2.77. The van der Waals surface area contributed by atoms with Crippen LogP contribution in [0.3, 0.4) is 0 Å². The lowest BCUT2D eigenvalue weighted by atomic mass is 10.0. The second-order valence-electron chi connectivity index (χ2n) is 3.00. The number of halogens is 4. The molecular weight excluding hydrogens is 200 g/mol. The lowest BCUT2D eigenvalue weighted by Gasteiger charge is -2.18. The van der Waals surface area contributed by atoms with Gasteiger partial charge < -0.3 is 5.11 Å². The van der Waals surface area contributed by atoms with E-state index in [9.17, 15) is 17.6 Å². The smallest absolute Gasteiger partial charge is 0.274 e. The lowest BCUT2D eigenvalue weighted by Crippen LogP contribution is -2.23. The predicted octanol–water partition coefficient (Wildman–Crippen LogP) is 2.65. The first-order chi connectivity index (χ1) is 6.34. The number of aliphatic hydroxyl groups excluding tert-OH is 1. The first-order valence-electron chi connectivity index (χ1n) is 3.84. The van der Waals surface area contributed by atoms with Crippen molar-refractivity contribution in [3.8, 4) is 0 Å². The first kappa shape index (κ1) is 11.0. The van der Waals surface area contributed by atoms with Crippen LogP contribution in [0.4, 0.5) is 17.6 Å². The van der Waals surface area contributed by atoms with Crippen molar-refractivity contribution in [3.05, 3.63) is 35.4 Å². The molecule has 0 spiro atoms. The fourth-order valence-corrected chi connectivity index (χ4v) is 1.00. The van der Waals surface area contributed by atoms with Gasteiger partial charge in [0.15, 0.2) is 11.6 Å². The van der Waals surface area contributed by atoms with Crippen molar-refractivity contribution < 1.29 is 22.7 Å². The highest BCUT2D eigenvalue weighted by Gasteiger charge is 2.35. The maximum absolute atomic E-state index is 12.9. The van der Waals surface area contributed by atoms with E-state index in [-0.39, 0.29) is 0 Å². The molecule has 78 valence electrons. The maximum Gasteiger partial charge on any atom is 0.274 e. The average Bonchev–Trinajstić information content (AvgIpc) is 2.07. The molecule has 0 saturated carbocycles. The van der Waals surface area contributed by atoms with Gasteiger partial charge in [0.05, 0.1) is 0 Å². The Morgan fingerprint density at radius 2 is 1.86 bits per heavy atom. The van der Waals surface area contributed by atoms with Gasteiger partial charge in [0, 0.05) is 12.5 Å². The molecule has 1 unspecified atom stereocenters. The fraction of sp³-hybridized carbons (Fsp3) is 0.333. The Bertz CT molecular complexity index is 332. The molecule has 0 aliphatic heterocycles. The third-order valence-electron chi connectivity index (χ3n) is 1.76. The molecule has 1 rings (SSSR count). The van der Waals surface area contributed by atoms with Gasteiger partial charge in [-0.3, -0.25) is 0 Å². The van der Waals surface area contributed by atoms with Crippen LogP contribution in [-0.2, 0) is 0 Å². The summed E-state index contributed by atoms with van der Waals surface area (Å²) in [4.78, 5) is 0. The zero-order valence-electron chi connectivity index (χ0n) is 7.27. The molecule has 0 aliphatic rings. The summed E-state index contributed by atoms with van der Waals surface area (Å²) in [7, 11) is 0. The van der Waals surface area contributed by atoms with Gasteiger partial charge in [0.1, 0.15) is 6.10 Å². The number of hydrogen-bond acceptors (Lipinski definition) is 1. The molecule has 1 aromatic carbocycles. The van der Waals surface area contributed by atoms with Gasteiger partial charge in [-0.1, -0.05) is 12.1 Å². The van der Waals surface area contributed by atoms with Crippen molar-refractivity contribution in [1.82, 2.24) is 0 Å². The Morgan fingerprint density at radius 3 is 2.36 bits per heavy atom. The van der Waals surface area contributed by atoms with Crippen molar-refractivity contribution in [2.45, 2.75) is 19.0 Å². The molecule has 1 nitrogen and oxygen atoms in total. The fourth-order valence-electron chi connectivity index (χ4n) is 1.00. The minimum atomic E-state index is -3.51. The maximum atomic E-state index is 12.9. The molecule has 5 heteroatoms. The van der Waals surface area contributed by atoms with Gasteiger partial charge in [-0.05, 0) is 6.07 Å². The zero-order chi connectivity index (χ0) is 10.9. The summed E-state index contributed by atoms with van der Waals surface area (Å²) in [5.41, 5.74) is -0.738. The van der Waals surface area contributed by atoms with Gasteiger partial charge in [-0.15, -0.1) is 0 Å². The summed E-state index contributed by atoms with van der Waals surface area (Å²) in [6.45, 7) is 0.433. The normalized spacial score (nSPS) is 14.1. The van der Waals surface area contributed by atoms with Crippen LogP contribution in [-0.4, -0.2) is 11.0 Å². The number of rotatable bonds is 2. The molecule has 1 atom stereocenters. The Labute approximate surface area is 78.0 Å². The van der Waals surface area contributed by atoms with Gasteiger partial charge in [-0.25, -0.2) is 17.6 Å². The molecule has 0 amide bonds. The monoisotopic (exact) mass is 208 g/mol. The quantitative estimate of drug-likeness (QED) is 0.741. The minimum absolute atomic E-state index is 0.433. The molecule has 14 heavy (non-hydrogen) atoms. The molecule has 0 saturated heterocycles. The van der Waals surface area contributed by atoms with Gasteiger partial charge in [0.2, 0.25) is 0 Å². The van der Waals surface area contributed by atoms with E-state index in [2.05, 4.69) is 0 Å². The van der Waals surface area contributed by atoms with Crippen LogP contribution < -0.4 is 0 Å². The van der Waals surface area contributed by atoms with E-state index in [1.165, 1.54) is 0 Å². The Balaban J connectivity index is 3.14. The van der Waals surface area contributed by atoms with Gasteiger partial charge >= 0.3 is 0 Å². The van der Waals surface area contributed by atoms with Crippen molar-refractivity contribution >= 4 is 0 Å². The second kappa shape index (κ2) is 3.57. The molecule has 0 heterocycles. The average molecular weight is 208 g/mol. The van der Waals surface area contributed by atoms with Crippen LogP contribution >= 0.6 is 0 Å². The van der Waals surface area contributed by atoms with E-state index in [0.717, 1.165) is 18.2 Å². The molecular formula is C9H8F4O. The number of benzene rings is 1. The van der Waals surface area contributed by atoms with Crippen molar-refractivity contribution in [2.75, 3.05) is 0 Å². The van der Waals surface area contributed by atoms with Gasteiger partial charge in [0.25, 0.3) is 5.92 Å². The van der Waals surface area contributed by atoms with Crippen LogP contribution in [0.1, 0.15) is 18.6 Å². The largest absolute Gasteiger partial charge is 0.382 e. The number of hydrogen-bond donors (Lipinski definition) is 1. The molecule has 1 aromatic rings. The standard InChI is InChI=1S/C9H8F4O/c1-9(12,13)8(14)5-3-2-4-6(10)7(5)11/h2-4,8,14H,1H3. The van der Waals surface area contributed by atoms with Crippen LogP contribution in [0.25, 0.3) is 0 Å². The van der Waals surface area contributed by atoms with Crippen molar-refractivity contribution in [2.24, 2.45) is 0 Å². The summed E-state index contributed by atoms with van der Waals surface area (Å²) in [5.74, 6) is -6.21. The van der Waals surface area contributed by atoms with E-state index in [0.29, 0.717) is 6.92 Å². The molecule has 0 bridgehead atoms. The Morgan fingerprint density at radius 1 is 1.29 bits per heavy atom. The summed E-state index contributed by atoms with van der Waals surface area (Å²) >= 11 is 0. The van der Waals surface area contributed by atoms with E-state index < -0.39 is 29.2 Å². The van der Waals surface area contributed by atoms with Crippen LogP contribution in [0, 0.1) is 11.6 Å². The minimum Gasteiger partial charge on any atom is -0.382 e. The van der Waals surface area contributed by atoms with Crippen molar-refractivity contribution in [1.29, 1.82) is 0 Å². The first-order valence-corrected chi connectivity index (χ1v) is 3.84. The van der Waals surface area contributed by atoms with E-state index >= 15 is 0 Å². The van der Waals surface area contributed by atoms with Crippen LogP contribution in [0.15, 0.2) is 18.2 Å². The molecule has 0 aromatic heterocycles. The van der Waals surface area contributed by atoms with E-state index in [4.69, 9.17) is 5.11 Å². The third-order valence-corrected chi connectivity index (χ3v) is 1.76. The lowest BCUT2D eigenvalue weighted by molar-refractivity contribution is -0.0968.